The zero-order valence-electron chi connectivity index (χ0n) is 10.3. The summed E-state index contributed by atoms with van der Waals surface area (Å²) in [6.45, 7) is 6.10. The fraction of sp³-hybridized carbons (Fsp3) is 0.308. The van der Waals surface area contributed by atoms with Crippen LogP contribution in [-0.4, -0.2) is 6.03 Å². The average Bonchev–Trinajstić information content (AvgIpc) is 2.21. The number of amides is 2. The topological polar surface area (TPSA) is 41.1 Å². The van der Waals surface area contributed by atoms with Crippen molar-refractivity contribution in [2.45, 2.75) is 20.8 Å². The van der Waals surface area contributed by atoms with Gasteiger partial charge in [0.05, 0.1) is 5.69 Å². The number of anilines is 1. The Morgan fingerprint density at radius 2 is 2.12 bits per heavy atom. The fourth-order valence-electron chi connectivity index (χ4n) is 1.20. The molecular formula is C13H17BrN2O. The van der Waals surface area contributed by atoms with Crippen LogP contribution in [0.15, 0.2) is 34.9 Å². The van der Waals surface area contributed by atoms with Gasteiger partial charge in [0.25, 0.3) is 0 Å². The number of hydrogen-bond acceptors (Lipinski definition) is 1. The molecule has 1 aromatic carbocycles. The Bertz CT molecular complexity index is 427. The number of hydrogen-bond donors (Lipinski definition) is 2. The number of nitrogens with one attached hydrogen (secondary N) is 2. The predicted molar refractivity (Wildman–Crippen MR) is 75.0 cm³/mol. The molecule has 1 aromatic rings. The van der Waals surface area contributed by atoms with E-state index in [1.165, 1.54) is 0 Å². The lowest BCUT2D eigenvalue weighted by Crippen LogP contribution is -2.24. The molecule has 2 amide bonds. The number of rotatable bonds is 3. The maximum absolute atomic E-state index is 11.5. The predicted octanol–water partition coefficient (Wildman–Crippen LogP) is 4.05. The van der Waals surface area contributed by atoms with Gasteiger partial charge in [0, 0.05) is 10.7 Å². The molecule has 17 heavy (non-hydrogen) atoms. The van der Waals surface area contributed by atoms with E-state index < -0.39 is 0 Å². The van der Waals surface area contributed by atoms with Crippen molar-refractivity contribution in [1.82, 2.24) is 5.32 Å². The van der Waals surface area contributed by atoms with E-state index in [0.29, 0.717) is 5.92 Å². The van der Waals surface area contributed by atoms with Crippen LogP contribution in [0.25, 0.3) is 0 Å². The van der Waals surface area contributed by atoms with E-state index in [1.54, 1.807) is 6.20 Å². The molecule has 0 aliphatic carbocycles. The summed E-state index contributed by atoms with van der Waals surface area (Å²) in [5.41, 5.74) is 1.90. The first kappa shape index (κ1) is 13.8. The van der Waals surface area contributed by atoms with E-state index in [9.17, 15) is 4.79 Å². The van der Waals surface area contributed by atoms with Gasteiger partial charge in [-0.15, -0.1) is 0 Å². The van der Waals surface area contributed by atoms with E-state index in [4.69, 9.17) is 0 Å². The van der Waals surface area contributed by atoms with Crippen LogP contribution in [0, 0.1) is 12.8 Å². The minimum absolute atomic E-state index is 0.244. The van der Waals surface area contributed by atoms with Crippen LogP contribution in [0.4, 0.5) is 10.5 Å². The second-order valence-corrected chi connectivity index (χ2v) is 5.04. The van der Waals surface area contributed by atoms with E-state index >= 15 is 0 Å². The molecule has 0 saturated heterocycles. The molecule has 3 nitrogen and oxygen atoms in total. The van der Waals surface area contributed by atoms with Crippen LogP contribution in [0.2, 0.25) is 0 Å². The zero-order valence-corrected chi connectivity index (χ0v) is 11.8. The highest BCUT2D eigenvalue weighted by Gasteiger charge is 2.03. The number of benzene rings is 1. The van der Waals surface area contributed by atoms with E-state index in [2.05, 4.69) is 26.6 Å². The van der Waals surface area contributed by atoms with Crippen molar-refractivity contribution in [3.8, 4) is 0 Å². The summed E-state index contributed by atoms with van der Waals surface area (Å²) in [7, 11) is 0. The molecule has 0 spiro atoms. The van der Waals surface area contributed by atoms with Crippen LogP contribution in [-0.2, 0) is 0 Å². The second kappa shape index (κ2) is 6.45. The van der Waals surface area contributed by atoms with Crippen molar-refractivity contribution in [3.63, 3.8) is 0 Å². The smallest absolute Gasteiger partial charge is 0.315 e. The largest absolute Gasteiger partial charge is 0.323 e. The van der Waals surface area contributed by atoms with Crippen LogP contribution < -0.4 is 10.6 Å². The Morgan fingerprint density at radius 1 is 1.41 bits per heavy atom. The molecule has 0 saturated carbocycles. The highest BCUT2D eigenvalue weighted by molar-refractivity contribution is 9.10. The van der Waals surface area contributed by atoms with Crippen LogP contribution >= 0.6 is 15.9 Å². The Kier molecular flexibility index (Phi) is 5.22. The maximum atomic E-state index is 11.5. The summed E-state index contributed by atoms with van der Waals surface area (Å²) < 4.78 is 0.875. The first-order chi connectivity index (χ1) is 7.99. The summed E-state index contributed by atoms with van der Waals surface area (Å²) in [5, 5.41) is 5.42. The quantitative estimate of drug-likeness (QED) is 0.868. The molecule has 1 rings (SSSR count). The molecule has 0 aromatic heterocycles. The van der Waals surface area contributed by atoms with Crippen LogP contribution in [0.5, 0.6) is 0 Å². The second-order valence-electron chi connectivity index (χ2n) is 4.18. The molecule has 0 unspecified atom stereocenters. The van der Waals surface area contributed by atoms with Gasteiger partial charge in [0.15, 0.2) is 0 Å². The molecule has 4 heteroatoms. The van der Waals surface area contributed by atoms with E-state index in [-0.39, 0.29) is 6.03 Å². The van der Waals surface area contributed by atoms with Crippen molar-refractivity contribution >= 4 is 27.6 Å². The van der Waals surface area contributed by atoms with Crippen molar-refractivity contribution in [2.75, 3.05) is 5.32 Å². The van der Waals surface area contributed by atoms with E-state index in [0.717, 1.165) is 15.7 Å². The number of carbonyl (C=O) groups excluding carboxylic acids is 1. The highest BCUT2D eigenvalue weighted by Crippen LogP contribution is 2.23. The molecule has 0 heterocycles. The molecule has 2 N–H and O–H groups in total. The SMILES string of the molecule is Cc1ccc(NC(=O)N/C=C/C(C)C)c(Br)c1. The molecular weight excluding hydrogens is 280 g/mol. The number of allylic oxidation sites excluding steroid dienone is 1. The van der Waals surface area contributed by atoms with Crippen molar-refractivity contribution < 1.29 is 4.79 Å². The monoisotopic (exact) mass is 296 g/mol. The lowest BCUT2D eigenvalue weighted by molar-refractivity contribution is 0.255. The summed E-state index contributed by atoms with van der Waals surface area (Å²) in [4.78, 5) is 11.5. The number of urea groups is 1. The van der Waals surface area contributed by atoms with Gasteiger partial charge < -0.3 is 10.6 Å². The first-order valence-electron chi connectivity index (χ1n) is 5.49. The van der Waals surface area contributed by atoms with Crippen LogP contribution in [0.3, 0.4) is 0 Å². The van der Waals surface area contributed by atoms with Gasteiger partial charge >= 0.3 is 6.03 Å². The normalized spacial score (nSPS) is 10.9. The average molecular weight is 297 g/mol. The lowest BCUT2D eigenvalue weighted by atomic mass is 10.2. The third kappa shape index (κ3) is 5.04. The van der Waals surface area contributed by atoms with Gasteiger partial charge in [0.1, 0.15) is 0 Å². The minimum atomic E-state index is -0.244. The number of carbonyl (C=O) groups is 1. The summed E-state index contributed by atoms with van der Waals surface area (Å²) in [6, 6.07) is 5.53. The van der Waals surface area contributed by atoms with Gasteiger partial charge in [0.2, 0.25) is 0 Å². The molecule has 0 aliphatic heterocycles. The third-order valence-electron chi connectivity index (χ3n) is 2.07. The van der Waals surface area contributed by atoms with Gasteiger partial charge in [-0.3, -0.25) is 0 Å². The Balaban J connectivity index is 2.56. The zero-order chi connectivity index (χ0) is 12.8. The summed E-state index contributed by atoms with van der Waals surface area (Å²) in [6.07, 6.45) is 3.58. The lowest BCUT2D eigenvalue weighted by Gasteiger charge is -2.07. The molecule has 0 fully saturated rings. The van der Waals surface area contributed by atoms with Crippen molar-refractivity contribution in [3.05, 3.63) is 40.5 Å². The third-order valence-corrected chi connectivity index (χ3v) is 2.72. The fourth-order valence-corrected chi connectivity index (χ4v) is 1.79. The molecule has 92 valence electrons. The Hall–Kier alpha value is -1.29. The standard InChI is InChI=1S/C13H17BrN2O/c1-9(2)6-7-15-13(17)16-12-5-4-10(3)8-11(12)14/h4-9H,1-3H3,(H2,15,16,17)/b7-6+. The maximum Gasteiger partial charge on any atom is 0.323 e. The highest BCUT2D eigenvalue weighted by atomic mass is 79.9. The summed E-state index contributed by atoms with van der Waals surface area (Å²) in [5.74, 6) is 0.418. The van der Waals surface area contributed by atoms with E-state index in [1.807, 2.05) is 45.0 Å². The number of halogens is 1. The van der Waals surface area contributed by atoms with Crippen molar-refractivity contribution in [1.29, 1.82) is 0 Å². The molecule has 0 atom stereocenters. The van der Waals surface area contributed by atoms with Crippen LogP contribution in [0.1, 0.15) is 19.4 Å². The molecule has 0 radical (unpaired) electrons. The van der Waals surface area contributed by atoms with Crippen molar-refractivity contribution in [2.24, 2.45) is 5.92 Å². The van der Waals surface area contributed by atoms with Gasteiger partial charge in [-0.25, -0.2) is 4.79 Å². The Labute approximate surface area is 110 Å². The first-order valence-corrected chi connectivity index (χ1v) is 6.28. The number of aryl methyl sites for hydroxylation is 1. The summed E-state index contributed by atoms with van der Waals surface area (Å²) >= 11 is 3.41. The molecule has 0 aliphatic rings. The molecule has 0 bridgehead atoms. The van der Waals surface area contributed by atoms with Gasteiger partial charge in [-0.1, -0.05) is 26.0 Å². The Morgan fingerprint density at radius 3 is 2.71 bits per heavy atom. The minimum Gasteiger partial charge on any atom is -0.315 e. The van der Waals surface area contributed by atoms with Gasteiger partial charge in [-0.2, -0.15) is 0 Å². The van der Waals surface area contributed by atoms with Gasteiger partial charge in [-0.05, 0) is 46.5 Å².